The van der Waals surface area contributed by atoms with E-state index in [0.29, 0.717) is 12.5 Å². The van der Waals surface area contributed by atoms with Crippen molar-refractivity contribution in [3.05, 3.63) is 29.8 Å². The maximum Gasteiger partial charge on any atom is 0.122 e. The number of ether oxygens (including phenoxy) is 1. The largest absolute Gasteiger partial charge is 0.490 e. The molecule has 0 atom stereocenters. The van der Waals surface area contributed by atoms with E-state index in [1.807, 2.05) is 18.2 Å². The van der Waals surface area contributed by atoms with Crippen LogP contribution in [0.2, 0.25) is 0 Å². The molecule has 100 valence electrons. The Kier molecular flexibility index (Phi) is 4.28. The molecule has 1 aliphatic rings. The molecule has 1 aromatic rings. The molecular formula is C16H24O2. The molecule has 0 aromatic heterocycles. The maximum atomic E-state index is 10.4. The normalized spacial score (nSPS) is 18.9. The van der Waals surface area contributed by atoms with Gasteiger partial charge in [0, 0.05) is 0 Å². The molecule has 1 fully saturated rings. The summed E-state index contributed by atoms with van der Waals surface area (Å²) in [5.41, 5.74) is 0.611. The third-order valence-electron chi connectivity index (χ3n) is 3.82. The molecule has 0 radical (unpaired) electrons. The maximum absolute atomic E-state index is 10.4. The Balaban J connectivity index is 2.01. The molecule has 0 unspecified atom stereocenters. The second kappa shape index (κ2) is 5.75. The highest BCUT2D eigenvalue weighted by Gasteiger charge is 2.30. The molecule has 1 aromatic carbocycles. The minimum atomic E-state index is -0.609. The van der Waals surface area contributed by atoms with Crippen LogP contribution in [0.1, 0.15) is 57.4 Å². The van der Waals surface area contributed by atoms with E-state index >= 15 is 0 Å². The van der Waals surface area contributed by atoms with Gasteiger partial charge < -0.3 is 9.84 Å². The second-order valence-corrected chi connectivity index (χ2v) is 5.77. The Bertz CT molecular complexity index is 378. The highest BCUT2D eigenvalue weighted by molar-refractivity contribution is 5.35. The zero-order chi connectivity index (χ0) is 13.0. The van der Waals surface area contributed by atoms with Crippen LogP contribution in [-0.2, 0) is 0 Å². The van der Waals surface area contributed by atoms with Gasteiger partial charge in [0.05, 0.1) is 5.60 Å². The van der Waals surface area contributed by atoms with Crippen molar-refractivity contribution in [3.8, 4) is 5.75 Å². The van der Waals surface area contributed by atoms with Crippen LogP contribution in [0.4, 0.5) is 0 Å². The zero-order valence-electron chi connectivity index (χ0n) is 11.5. The quantitative estimate of drug-likeness (QED) is 0.876. The Morgan fingerprint density at radius 1 is 1.17 bits per heavy atom. The van der Waals surface area contributed by atoms with Crippen molar-refractivity contribution >= 4 is 0 Å². The summed E-state index contributed by atoms with van der Waals surface area (Å²) in [6.07, 6.45) is 5.22. The first-order valence-electron chi connectivity index (χ1n) is 7.05. The number of rotatable bonds is 4. The van der Waals surface area contributed by atoms with Crippen molar-refractivity contribution in [2.45, 2.75) is 57.5 Å². The van der Waals surface area contributed by atoms with E-state index in [1.165, 1.54) is 12.0 Å². The SMILES string of the molecule is CC(C)c1ccccc1OCC1(O)CCCCC1. The summed E-state index contributed by atoms with van der Waals surface area (Å²) in [7, 11) is 0. The molecular weight excluding hydrogens is 224 g/mol. The first-order chi connectivity index (χ1) is 8.61. The standard InChI is InChI=1S/C16H24O2/c1-13(2)14-8-4-5-9-15(14)18-12-16(17)10-6-3-7-11-16/h4-5,8-9,13,17H,3,6-7,10-12H2,1-2H3. The van der Waals surface area contributed by atoms with Gasteiger partial charge in [0.25, 0.3) is 0 Å². The third kappa shape index (κ3) is 3.26. The van der Waals surface area contributed by atoms with Gasteiger partial charge in [-0.2, -0.15) is 0 Å². The van der Waals surface area contributed by atoms with Crippen LogP contribution < -0.4 is 4.74 Å². The molecule has 0 amide bonds. The summed E-state index contributed by atoms with van der Waals surface area (Å²) in [6, 6.07) is 8.14. The van der Waals surface area contributed by atoms with Crippen molar-refractivity contribution in [2.75, 3.05) is 6.61 Å². The van der Waals surface area contributed by atoms with Gasteiger partial charge >= 0.3 is 0 Å². The lowest BCUT2D eigenvalue weighted by Gasteiger charge is -2.32. The first-order valence-corrected chi connectivity index (χ1v) is 7.05. The van der Waals surface area contributed by atoms with Crippen LogP contribution in [0, 0.1) is 0 Å². The summed E-state index contributed by atoms with van der Waals surface area (Å²) >= 11 is 0. The predicted molar refractivity (Wildman–Crippen MR) is 74.1 cm³/mol. The lowest BCUT2D eigenvalue weighted by molar-refractivity contribution is -0.0341. The average Bonchev–Trinajstić information content (AvgIpc) is 2.38. The average molecular weight is 248 g/mol. The van der Waals surface area contributed by atoms with Crippen molar-refractivity contribution in [1.29, 1.82) is 0 Å². The molecule has 1 aliphatic carbocycles. The fourth-order valence-corrected chi connectivity index (χ4v) is 2.66. The molecule has 2 nitrogen and oxygen atoms in total. The number of hydrogen-bond donors (Lipinski definition) is 1. The Morgan fingerprint density at radius 2 is 1.83 bits per heavy atom. The van der Waals surface area contributed by atoms with Crippen molar-refractivity contribution in [3.63, 3.8) is 0 Å². The van der Waals surface area contributed by atoms with Gasteiger partial charge in [-0.3, -0.25) is 0 Å². The van der Waals surface area contributed by atoms with E-state index in [1.54, 1.807) is 0 Å². The van der Waals surface area contributed by atoms with Crippen LogP contribution in [0.3, 0.4) is 0 Å². The molecule has 2 heteroatoms. The minimum Gasteiger partial charge on any atom is -0.490 e. The summed E-state index contributed by atoms with van der Waals surface area (Å²) in [4.78, 5) is 0. The van der Waals surface area contributed by atoms with Gasteiger partial charge in [-0.05, 0) is 30.4 Å². The second-order valence-electron chi connectivity index (χ2n) is 5.77. The monoisotopic (exact) mass is 248 g/mol. The zero-order valence-corrected chi connectivity index (χ0v) is 11.5. The molecule has 1 saturated carbocycles. The fourth-order valence-electron chi connectivity index (χ4n) is 2.66. The third-order valence-corrected chi connectivity index (χ3v) is 3.82. The van der Waals surface area contributed by atoms with Crippen LogP contribution in [0.15, 0.2) is 24.3 Å². The highest BCUT2D eigenvalue weighted by Crippen LogP contribution is 2.31. The van der Waals surface area contributed by atoms with E-state index in [9.17, 15) is 5.11 Å². The molecule has 0 bridgehead atoms. The lowest BCUT2D eigenvalue weighted by atomic mass is 9.85. The topological polar surface area (TPSA) is 29.5 Å². The summed E-state index contributed by atoms with van der Waals surface area (Å²) in [5.74, 6) is 1.37. The number of benzene rings is 1. The molecule has 1 N–H and O–H groups in total. The molecule has 0 saturated heterocycles. The Labute approximate surface area is 110 Å². The van der Waals surface area contributed by atoms with Gasteiger partial charge in [0.1, 0.15) is 12.4 Å². The summed E-state index contributed by atoms with van der Waals surface area (Å²) < 4.78 is 5.89. The van der Waals surface area contributed by atoms with Crippen LogP contribution >= 0.6 is 0 Å². The van der Waals surface area contributed by atoms with Gasteiger partial charge in [0.2, 0.25) is 0 Å². The molecule has 0 heterocycles. The number of hydrogen-bond acceptors (Lipinski definition) is 2. The molecule has 0 aliphatic heterocycles. The number of aliphatic hydroxyl groups is 1. The van der Waals surface area contributed by atoms with Crippen LogP contribution in [0.5, 0.6) is 5.75 Å². The van der Waals surface area contributed by atoms with Gasteiger partial charge in [-0.15, -0.1) is 0 Å². The van der Waals surface area contributed by atoms with E-state index in [-0.39, 0.29) is 0 Å². The van der Waals surface area contributed by atoms with E-state index < -0.39 is 5.60 Å². The first kappa shape index (κ1) is 13.4. The van der Waals surface area contributed by atoms with Crippen molar-refractivity contribution in [1.82, 2.24) is 0 Å². The van der Waals surface area contributed by atoms with Crippen molar-refractivity contribution in [2.24, 2.45) is 0 Å². The lowest BCUT2D eigenvalue weighted by Crippen LogP contribution is -2.38. The van der Waals surface area contributed by atoms with Gasteiger partial charge in [-0.25, -0.2) is 0 Å². The van der Waals surface area contributed by atoms with E-state index in [0.717, 1.165) is 31.4 Å². The van der Waals surface area contributed by atoms with Gasteiger partial charge in [-0.1, -0.05) is 51.3 Å². The van der Waals surface area contributed by atoms with E-state index in [4.69, 9.17) is 4.74 Å². The Hall–Kier alpha value is -1.02. The summed E-state index contributed by atoms with van der Waals surface area (Å²) in [5, 5.41) is 10.4. The number of para-hydroxylation sites is 1. The highest BCUT2D eigenvalue weighted by atomic mass is 16.5. The molecule has 18 heavy (non-hydrogen) atoms. The van der Waals surface area contributed by atoms with Gasteiger partial charge in [0.15, 0.2) is 0 Å². The van der Waals surface area contributed by atoms with E-state index in [2.05, 4.69) is 19.9 Å². The smallest absolute Gasteiger partial charge is 0.122 e. The molecule has 0 spiro atoms. The Morgan fingerprint density at radius 3 is 2.50 bits per heavy atom. The molecule has 2 rings (SSSR count). The van der Waals surface area contributed by atoms with Crippen LogP contribution in [-0.4, -0.2) is 17.3 Å². The predicted octanol–water partition coefficient (Wildman–Crippen LogP) is 3.88. The fraction of sp³-hybridized carbons (Fsp3) is 0.625. The van der Waals surface area contributed by atoms with Crippen LogP contribution in [0.25, 0.3) is 0 Å². The summed E-state index contributed by atoms with van der Waals surface area (Å²) in [6.45, 7) is 4.76. The minimum absolute atomic E-state index is 0.427. The van der Waals surface area contributed by atoms with Crippen molar-refractivity contribution < 1.29 is 9.84 Å².